The molecule has 1 N–H and O–H groups in total. The molecule has 1 saturated heterocycles. The fraction of sp³-hybridized carbons (Fsp3) is 0.619. The van der Waals surface area contributed by atoms with Gasteiger partial charge in [0.25, 0.3) is 10.2 Å². The topological polar surface area (TPSA) is 92.8 Å². The lowest BCUT2D eigenvalue weighted by Gasteiger charge is -2.33. The Balaban J connectivity index is 1.59. The molecule has 0 radical (unpaired) electrons. The van der Waals surface area contributed by atoms with Gasteiger partial charge in [0.05, 0.1) is 12.1 Å². The summed E-state index contributed by atoms with van der Waals surface area (Å²) in [5.74, 6) is -1.29. The summed E-state index contributed by atoms with van der Waals surface area (Å²) in [6.07, 6.45) is -2.62. The number of Topliss-reactive ketones (excluding diaryl/α,β-unsaturated/α-hetero) is 1. The zero-order valence-electron chi connectivity index (χ0n) is 17.6. The molecule has 1 aliphatic heterocycles. The number of alkyl halides is 3. The van der Waals surface area contributed by atoms with E-state index in [1.165, 1.54) is 0 Å². The van der Waals surface area contributed by atoms with Crippen molar-refractivity contribution in [1.29, 1.82) is 0 Å². The maximum Gasteiger partial charge on any atom is 0.402 e. The van der Waals surface area contributed by atoms with Crippen LogP contribution in [0.1, 0.15) is 47.7 Å². The van der Waals surface area contributed by atoms with Crippen LogP contribution in [-0.4, -0.2) is 55.9 Å². The van der Waals surface area contributed by atoms with E-state index >= 15 is 0 Å². The number of ketones is 1. The smallest absolute Gasteiger partial charge is 0.402 e. The van der Waals surface area contributed by atoms with Crippen LogP contribution in [0.4, 0.5) is 13.2 Å². The van der Waals surface area contributed by atoms with Gasteiger partial charge in [-0.15, -0.1) is 0 Å². The van der Waals surface area contributed by atoms with Gasteiger partial charge in [-0.05, 0) is 61.6 Å². The van der Waals surface area contributed by atoms with Gasteiger partial charge < -0.3 is 4.74 Å². The number of esters is 1. The number of ether oxygens (including phenoxy) is 1. The first-order chi connectivity index (χ1) is 14.9. The molecule has 1 spiro atoms. The summed E-state index contributed by atoms with van der Waals surface area (Å²) in [6.45, 7) is 0.112. The molecule has 2 aliphatic carbocycles. The van der Waals surface area contributed by atoms with Gasteiger partial charge in [-0.2, -0.15) is 30.6 Å². The van der Waals surface area contributed by atoms with Gasteiger partial charge in [-0.25, -0.2) is 0 Å². The van der Waals surface area contributed by atoms with Gasteiger partial charge in [0.1, 0.15) is 13.0 Å². The zero-order valence-corrected chi connectivity index (χ0v) is 18.4. The van der Waals surface area contributed by atoms with Crippen LogP contribution >= 0.6 is 0 Å². The molecule has 2 fully saturated rings. The van der Waals surface area contributed by atoms with Crippen molar-refractivity contribution in [2.45, 2.75) is 50.7 Å². The van der Waals surface area contributed by atoms with E-state index in [0.717, 1.165) is 17.5 Å². The van der Waals surface area contributed by atoms with E-state index in [1.807, 2.05) is 0 Å². The second-order valence-electron chi connectivity index (χ2n) is 8.80. The molecular weight excluding hydrogens is 449 g/mol. The Labute approximate surface area is 184 Å². The monoisotopic (exact) mass is 474 g/mol. The molecule has 7 nitrogen and oxygen atoms in total. The molecule has 3 atom stereocenters. The molecule has 0 amide bonds. The Bertz CT molecular complexity index is 1040. The largest absolute Gasteiger partial charge is 0.466 e. The lowest BCUT2D eigenvalue weighted by molar-refractivity contribution is -0.142. The predicted molar refractivity (Wildman–Crippen MR) is 108 cm³/mol. The normalized spacial score (nSPS) is 29.0. The van der Waals surface area contributed by atoms with Crippen LogP contribution in [0.25, 0.3) is 0 Å². The summed E-state index contributed by atoms with van der Waals surface area (Å²) in [5, 5.41) is 0. The van der Waals surface area contributed by atoms with Gasteiger partial charge in [0.2, 0.25) is 0 Å². The third-order valence-corrected chi connectivity index (χ3v) is 8.42. The van der Waals surface area contributed by atoms with E-state index in [1.54, 1.807) is 25.1 Å². The van der Waals surface area contributed by atoms with Crippen molar-refractivity contribution in [3.8, 4) is 0 Å². The van der Waals surface area contributed by atoms with Crippen molar-refractivity contribution < 1.29 is 35.9 Å². The maximum absolute atomic E-state index is 13.0. The molecule has 1 saturated carbocycles. The van der Waals surface area contributed by atoms with Crippen LogP contribution in [0.3, 0.4) is 0 Å². The molecule has 1 aromatic carbocycles. The van der Waals surface area contributed by atoms with Crippen molar-refractivity contribution >= 4 is 22.0 Å². The van der Waals surface area contributed by atoms with Crippen molar-refractivity contribution in [2.75, 3.05) is 19.7 Å². The Morgan fingerprint density at radius 1 is 1.19 bits per heavy atom. The molecule has 1 heterocycles. The Morgan fingerprint density at radius 2 is 1.84 bits per heavy atom. The van der Waals surface area contributed by atoms with E-state index < -0.39 is 34.4 Å². The molecule has 3 unspecified atom stereocenters. The SMILES string of the molecule is CCOC(=O)CC(=O)c1ccc2c(c1)CC1CCC(C2)C12CN(CC(F)(F)F)S(=O)(=O)N2. The van der Waals surface area contributed by atoms with Crippen LogP contribution in [0.15, 0.2) is 18.2 Å². The number of nitrogens with one attached hydrogen (secondary N) is 1. The summed E-state index contributed by atoms with van der Waals surface area (Å²) >= 11 is 0. The summed E-state index contributed by atoms with van der Waals surface area (Å²) in [7, 11) is -4.24. The fourth-order valence-electron chi connectivity index (χ4n) is 5.46. The molecule has 0 aromatic heterocycles. The number of hydrogen-bond acceptors (Lipinski definition) is 5. The first-order valence-corrected chi connectivity index (χ1v) is 12.0. The number of halogens is 3. The highest BCUT2D eigenvalue weighted by molar-refractivity contribution is 7.87. The summed E-state index contributed by atoms with van der Waals surface area (Å²) < 4.78 is 71.9. The minimum Gasteiger partial charge on any atom is -0.466 e. The summed E-state index contributed by atoms with van der Waals surface area (Å²) in [6, 6.07) is 5.17. The molecule has 11 heteroatoms. The number of benzene rings is 1. The summed E-state index contributed by atoms with van der Waals surface area (Å²) in [5.41, 5.74) is 1.24. The van der Waals surface area contributed by atoms with Gasteiger partial charge in [-0.3, -0.25) is 9.59 Å². The number of nitrogens with zero attached hydrogens (tertiary/aromatic N) is 1. The standard InChI is InChI=1S/C21H25F3N2O5S/c1-2-31-19(28)10-18(27)14-4-3-13-8-16-5-6-17(9-15(13)7-14)20(16)11-26(12-21(22,23)24)32(29,30)25-20/h3-4,7,16-17,25H,2,5-6,8-12H2,1H3. The van der Waals surface area contributed by atoms with Crippen LogP contribution < -0.4 is 4.72 Å². The van der Waals surface area contributed by atoms with Gasteiger partial charge >= 0.3 is 12.1 Å². The van der Waals surface area contributed by atoms with Crippen LogP contribution in [0, 0.1) is 11.8 Å². The van der Waals surface area contributed by atoms with Crippen LogP contribution in [-0.2, 0) is 32.6 Å². The van der Waals surface area contributed by atoms with Crippen LogP contribution in [0.5, 0.6) is 0 Å². The minimum absolute atomic E-state index is 0.136. The molecule has 4 rings (SSSR count). The van der Waals surface area contributed by atoms with E-state index in [2.05, 4.69) is 4.72 Å². The highest BCUT2D eigenvalue weighted by Crippen LogP contribution is 2.50. The van der Waals surface area contributed by atoms with Crippen LogP contribution in [0.2, 0.25) is 0 Å². The van der Waals surface area contributed by atoms with Gasteiger partial charge in [0, 0.05) is 12.1 Å². The predicted octanol–water partition coefficient (Wildman–Crippen LogP) is 2.40. The van der Waals surface area contributed by atoms with E-state index in [4.69, 9.17) is 4.74 Å². The van der Waals surface area contributed by atoms with E-state index in [9.17, 15) is 31.2 Å². The Hall–Kier alpha value is -1.98. The minimum atomic E-state index is -4.62. The average molecular weight is 475 g/mol. The average Bonchev–Trinajstić information content (AvgIpc) is 3.05. The fourth-order valence-corrected chi connectivity index (χ4v) is 7.17. The number of carbonyl (C=O) groups is 2. The van der Waals surface area contributed by atoms with Crippen molar-refractivity contribution in [2.24, 2.45) is 11.8 Å². The number of hydrogen-bond donors (Lipinski definition) is 1. The molecule has 1 aromatic rings. The lowest BCUT2D eigenvalue weighted by Crippen LogP contribution is -2.52. The van der Waals surface area contributed by atoms with E-state index in [-0.39, 0.29) is 37.2 Å². The molecule has 3 aliphatic rings. The van der Waals surface area contributed by atoms with E-state index in [0.29, 0.717) is 29.1 Å². The Kier molecular flexibility index (Phi) is 5.87. The third-order valence-electron chi connectivity index (χ3n) is 6.84. The number of fused-ring (bicyclic) bond motifs is 1. The number of rotatable bonds is 5. The van der Waals surface area contributed by atoms with Crippen molar-refractivity contribution in [3.05, 3.63) is 34.9 Å². The second kappa shape index (κ2) is 8.11. The first-order valence-electron chi connectivity index (χ1n) is 10.6. The summed E-state index contributed by atoms with van der Waals surface area (Å²) in [4.78, 5) is 24.1. The van der Waals surface area contributed by atoms with Gasteiger partial charge in [-0.1, -0.05) is 12.1 Å². The van der Waals surface area contributed by atoms with Gasteiger partial charge in [0.15, 0.2) is 5.78 Å². The highest BCUT2D eigenvalue weighted by atomic mass is 32.2. The number of carbonyl (C=O) groups excluding carboxylic acids is 2. The third kappa shape index (κ3) is 4.29. The second-order valence-corrected chi connectivity index (χ2v) is 10.5. The Morgan fingerprint density at radius 3 is 2.47 bits per heavy atom. The highest BCUT2D eigenvalue weighted by Gasteiger charge is 2.60. The van der Waals surface area contributed by atoms with Crippen molar-refractivity contribution in [1.82, 2.24) is 9.03 Å². The van der Waals surface area contributed by atoms with Crippen molar-refractivity contribution in [3.63, 3.8) is 0 Å². The first kappa shape index (κ1) is 23.2. The molecule has 2 bridgehead atoms. The maximum atomic E-state index is 13.0. The lowest BCUT2D eigenvalue weighted by atomic mass is 9.79. The molecular formula is C21H25F3N2O5S. The quantitative estimate of drug-likeness (QED) is 0.402. The molecule has 32 heavy (non-hydrogen) atoms. The zero-order chi connectivity index (χ0) is 23.3. The molecule has 176 valence electrons.